The maximum atomic E-state index is 14.0. The van der Waals surface area contributed by atoms with Crippen molar-refractivity contribution in [2.45, 2.75) is 36.6 Å². The van der Waals surface area contributed by atoms with Crippen molar-refractivity contribution in [2.75, 3.05) is 31.1 Å². The molecule has 1 saturated heterocycles. The Labute approximate surface area is 185 Å². The number of halogens is 3. The number of hydrogen-bond donors (Lipinski definition) is 0. The SMILES string of the molecule is O=S(=O)(c1cccc(F)c1)n1cc(C(F)F)c2c(N3CCN(C4CCC4)CC3)cccc21. The molecule has 0 spiro atoms. The van der Waals surface area contributed by atoms with Gasteiger partial charge in [-0.2, -0.15) is 0 Å². The van der Waals surface area contributed by atoms with Gasteiger partial charge in [0.05, 0.1) is 10.4 Å². The fourth-order valence-corrected chi connectivity index (χ4v) is 6.12. The van der Waals surface area contributed by atoms with E-state index < -0.39 is 22.3 Å². The van der Waals surface area contributed by atoms with Crippen LogP contribution in [-0.2, 0) is 10.0 Å². The topological polar surface area (TPSA) is 45.6 Å². The Kier molecular flexibility index (Phi) is 5.41. The molecule has 0 atom stereocenters. The minimum Gasteiger partial charge on any atom is -0.368 e. The lowest BCUT2D eigenvalue weighted by molar-refractivity contribution is 0.120. The minimum atomic E-state index is -4.25. The van der Waals surface area contributed by atoms with Gasteiger partial charge in [-0.15, -0.1) is 0 Å². The maximum absolute atomic E-state index is 14.0. The molecule has 0 radical (unpaired) electrons. The second-order valence-electron chi connectivity index (χ2n) is 8.42. The van der Waals surface area contributed by atoms with Crippen LogP contribution < -0.4 is 4.90 Å². The van der Waals surface area contributed by atoms with Gasteiger partial charge in [-0.1, -0.05) is 18.6 Å². The number of aromatic nitrogens is 1. The number of hydrogen-bond acceptors (Lipinski definition) is 4. The van der Waals surface area contributed by atoms with Gasteiger partial charge in [-0.05, 0) is 43.2 Å². The minimum absolute atomic E-state index is 0.170. The second kappa shape index (κ2) is 8.12. The first kappa shape index (κ1) is 21.3. The highest BCUT2D eigenvalue weighted by Gasteiger charge is 2.31. The Morgan fingerprint density at radius 1 is 0.969 bits per heavy atom. The number of anilines is 1. The molecule has 3 aromatic rings. The predicted octanol–water partition coefficient (Wildman–Crippen LogP) is 4.63. The van der Waals surface area contributed by atoms with Gasteiger partial charge < -0.3 is 4.90 Å². The standard InChI is InChI=1S/C23H24F3N3O2S/c24-16-4-1-7-18(14-16)32(30,31)29-15-19(23(25)26)22-20(8-3-9-21(22)29)28-12-10-27(11-13-28)17-5-2-6-17/h1,3-4,7-9,14-15,17,23H,2,5-6,10-13H2. The van der Waals surface area contributed by atoms with Crippen LogP contribution in [0.3, 0.4) is 0 Å². The zero-order valence-corrected chi connectivity index (χ0v) is 18.2. The average Bonchev–Trinajstić information content (AvgIpc) is 3.14. The number of fused-ring (bicyclic) bond motifs is 1. The van der Waals surface area contributed by atoms with Gasteiger partial charge in [0.25, 0.3) is 16.4 Å². The lowest BCUT2D eigenvalue weighted by atomic mass is 9.91. The van der Waals surface area contributed by atoms with Crippen LogP contribution >= 0.6 is 0 Å². The molecule has 5 nitrogen and oxygen atoms in total. The van der Waals surface area contributed by atoms with Crippen LogP contribution in [0.4, 0.5) is 18.9 Å². The second-order valence-corrected chi connectivity index (χ2v) is 10.2. The van der Waals surface area contributed by atoms with Crippen LogP contribution in [0.1, 0.15) is 31.3 Å². The zero-order valence-electron chi connectivity index (χ0n) is 17.4. The molecule has 2 heterocycles. The molecular formula is C23H24F3N3O2S. The quantitative estimate of drug-likeness (QED) is 0.554. The van der Waals surface area contributed by atoms with E-state index in [1.807, 2.05) is 0 Å². The van der Waals surface area contributed by atoms with E-state index in [4.69, 9.17) is 0 Å². The molecule has 0 amide bonds. The predicted molar refractivity (Wildman–Crippen MR) is 117 cm³/mol. The van der Waals surface area contributed by atoms with E-state index in [9.17, 15) is 21.6 Å². The normalized spacial score (nSPS) is 18.4. The molecule has 5 rings (SSSR count). The Bertz CT molecular complexity index is 1250. The first-order chi connectivity index (χ1) is 15.4. The summed E-state index contributed by atoms with van der Waals surface area (Å²) in [6.45, 7) is 3.10. The van der Waals surface area contributed by atoms with Crippen LogP contribution in [0.5, 0.6) is 0 Å². The van der Waals surface area contributed by atoms with Crippen LogP contribution in [0.15, 0.2) is 53.6 Å². The Morgan fingerprint density at radius 3 is 2.31 bits per heavy atom. The molecule has 1 aliphatic heterocycles. The van der Waals surface area contributed by atoms with Gasteiger partial charge in [0.15, 0.2) is 0 Å². The smallest absolute Gasteiger partial charge is 0.268 e. The van der Waals surface area contributed by atoms with Crippen LogP contribution in [0, 0.1) is 5.82 Å². The molecule has 2 aliphatic rings. The summed E-state index contributed by atoms with van der Waals surface area (Å²) in [4.78, 5) is 4.23. The molecule has 2 aromatic carbocycles. The fourth-order valence-electron chi connectivity index (χ4n) is 4.72. The molecule has 9 heteroatoms. The van der Waals surface area contributed by atoms with E-state index in [1.165, 1.54) is 37.5 Å². The molecule has 1 saturated carbocycles. The summed E-state index contributed by atoms with van der Waals surface area (Å²) >= 11 is 0. The highest BCUT2D eigenvalue weighted by molar-refractivity contribution is 7.90. The number of piperazine rings is 1. The van der Waals surface area contributed by atoms with Crippen molar-refractivity contribution in [1.82, 2.24) is 8.87 Å². The monoisotopic (exact) mass is 463 g/mol. The Hall–Kier alpha value is -2.52. The van der Waals surface area contributed by atoms with Crippen molar-refractivity contribution in [3.63, 3.8) is 0 Å². The number of nitrogens with zero attached hydrogens (tertiary/aromatic N) is 3. The largest absolute Gasteiger partial charge is 0.368 e. The summed E-state index contributed by atoms with van der Waals surface area (Å²) in [6.07, 6.45) is 1.82. The molecule has 0 unspecified atom stereocenters. The molecular weight excluding hydrogens is 439 g/mol. The molecule has 170 valence electrons. The molecule has 1 aromatic heterocycles. The fraction of sp³-hybridized carbons (Fsp3) is 0.391. The van der Waals surface area contributed by atoms with Crippen molar-refractivity contribution in [2.24, 2.45) is 0 Å². The van der Waals surface area contributed by atoms with E-state index in [2.05, 4.69) is 9.80 Å². The van der Waals surface area contributed by atoms with Gasteiger partial charge in [-0.25, -0.2) is 25.6 Å². The number of benzene rings is 2. The highest BCUT2D eigenvalue weighted by atomic mass is 32.2. The van der Waals surface area contributed by atoms with Crippen LogP contribution in [0.25, 0.3) is 10.9 Å². The summed E-state index contributed by atoms with van der Waals surface area (Å²) < 4.78 is 69.0. The third kappa shape index (κ3) is 3.57. The summed E-state index contributed by atoms with van der Waals surface area (Å²) in [5.41, 5.74) is 0.444. The summed E-state index contributed by atoms with van der Waals surface area (Å²) in [6, 6.07) is 10.2. The van der Waals surface area contributed by atoms with E-state index >= 15 is 0 Å². The van der Waals surface area contributed by atoms with Gasteiger partial charge in [-0.3, -0.25) is 4.90 Å². The highest BCUT2D eigenvalue weighted by Crippen LogP contribution is 2.39. The van der Waals surface area contributed by atoms with Gasteiger partial charge in [0.1, 0.15) is 5.82 Å². The lowest BCUT2D eigenvalue weighted by Gasteiger charge is -2.43. The summed E-state index contributed by atoms with van der Waals surface area (Å²) in [5.74, 6) is -0.707. The number of alkyl halides is 2. The maximum Gasteiger partial charge on any atom is 0.268 e. The third-order valence-corrected chi connectivity index (χ3v) is 8.31. The van der Waals surface area contributed by atoms with Crippen molar-refractivity contribution in [1.29, 1.82) is 0 Å². The van der Waals surface area contributed by atoms with Crippen molar-refractivity contribution in [3.8, 4) is 0 Å². The molecule has 2 fully saturated rings. The first-order valence-electron chi connectivity index (χ1n) is 10.8. The molecule has 1 aliphatic carbocycles. The zero-order chi connectivity index (χ0) is 22.5. The Morgan fingerprint density at radius 2 is 1.69 bits per heavy atom. The van der Waals surface area contributed by atoms with E-state index in [0.29, 0.717) is 24.8 Å². The van der Waals surface area contributed by atoms with Gasteiger partial charge >= 0.3 is 0 Å². The van der Waals surface area contributed by atoms with Crippen molar-refractivity contribution < 1.29 is 21.6 Å². The molecule has 0 bridgehead atoms. The Balaban J connectivity index is 1.57. The third-order valence-electron chi connectivity index (χ3n) is 6.64. The van der Waals surface area contributed by atoms with E-state index in [-0.39, 0.29) is 21.4 Å². The number of rotatable bonds is 5. The van der Waals surface area contributed by atoms with Crippen molar-refractivity contribution in [3.05, 3.63) is 60.0 Å². The van der Waals surface area contributed by atoms with Gasteiger partial charge in [0.2, 0.25) is 0 Å². The lowest BCUT2D eigenvalue weighted by Crippen LogP contribution is -2.52. The first-order valence-corrected chi connectivity index (χ1v) is 12.2. The summed E-state index contributed by atoms with van der Waals surface area (Å²) in [5, 5.41) is 0.236. The summed E-state index contributed by atoms with van der Waals surface area (Å²) in [7, 11) is -4.25. The van der Waals surface area contributed by atoms with Crippen LogP contribution in [0.2, 0.25) is 0 Å². The van der Waals surface area contributed by atoms with E-state index in [1.54, 1.807) is 12.1 Å². The van der Waals surface area contributed by atoms with E-state index in [0.717, 1.165) is 35.4 Å². The van der Waals surface area contributed by atoms with Crippen molar-refractivity contribution >= 4 is 26.6 Å². The molecule has 32 heavy (non-hydrogen) atoms. The van der Waals surface area contributed by atoms with Gasteiger partial charge in [0, 0.05) is 55.1 Å². The molecule has 0 N–H and O–H groups in total. The van der Waals surface area contributed by atoms with Crippen LogP contribution in [-0.4, -0.2) is 49.5 Å². The average molecular weight is 464 g/mol.